The first-order chi connectivity index (χ1) is 10.0. The van der Waals surface area contributed by atoms with Crippen molar-refractivity contribution >= 4 is 29.1 Å². The minimum Gasteiger partial charge on any atom is -0.497 e. The number of H-pyrrole nitrogens is 1. The number of aliphatic hydroxyl groups excluding tert-OH is 1. The smallest absolute Gasteiger partial charge is 0.267 e. The van der Waals surface area contributed by atoms with Crippen LogP contribution in [0.2, 0.25) is 10.2 Å². The van der Waals surface area contributed by atoms with Crippen molar-refractivity contribution in [3.8, 4) is 5.75 Å². The van der Waals surface area contributed by atoms with Crippen molar-refractivity contribution in [1.82, 2.24) is 10.3 Å². The molecule has 2 aromatic rings. The van der Waals surface area contributed by atoms with Gasteiger partial charge >= 0.3 is 0 Å². The third kappa shape index (κ3) is 3.91. The maximum Gasteiger partial charge on any atom is 0.267 e. The van der Waals surface area contributed by atoms with E-state index in [0.29, 0.717) is 11.3 Å². The summed E-state index contributed by atoms with van der Waals surface area (Å²) in [6.07, 6.45) is -0.843. The van der Waals surface area contributed by atoms with Gasteiger partial charge in [-0.25, -0.2) is 0 Å². The molecule has 0 saturated heterocycles. The summed E-state index contributed by atoms with van der Waals surface area (Å²) < 4.78 is 5.08. The fourth-order valence-electron chi connectivity index (χ4n) is 1.78. The van der Waals surface area contributed by atoms with Gasteiger partial charge in [-0.1, -0.05) is 35.3 Å². The SMILES string of the molecule is COc1cccc(C(O)CNC(=O)c2cc(Cl)c(Cl)[nH]2)c1. The van der Waals surface area contributed by atoms with E-state index in [1.807, 2.05) is 0 Å². The van der Waals surface area contributed by atoms with Gasteiger partial charge in [0.15, 0.2) is 0 Å². The third-order valence-electron chi connectivity index (χ3n) is 2.90. The summed E-state index contributed by atoms with van der Waals surface area (Å²) in [5.74, 6) is 0.242. The largest absolute Gasteiger partial charge is 0.497 e. The molecule has 1 aromatic carbocycles. The van der Waals surface area contributed by atoms with Crippen molar-refractivity contribution in [2.45, 2.75) is 6.10 Å². The predicted octanol–water partition coefficient (Wildman–Crippen LogP) is 2.79. The highest BCUT2D eigenvalue weighted by Crippen LogP contribution is 2.22. The zero-order valence-electron chi connectivity index (χ0n) is 11.2. The Bertz CT molecular complexity index is 623. The number of carbonyl (C=O) groups is 1. The molecule has 0 spiro atoms. The van der Waals surface area contributed by atoms with Gasteiger partial charge in [-0.15, -0.1) is 0 Å². The average molecular weight is 329 g/mol. The van der Waals surface area contributed by atoms with E-state index in [4.69, 9.17) is 27.9 Å². The minimum atomic E-state index is -0.843. The maximum atomic E-state index is 11.9. The number of nitrogens with one attached hydrogen (secondary N) is 2. The Labute approximate surface area is 131 Å². The van der Waals surface area contributed by atoms with E-state index >= 15 is 0 Å². The number of methoxy groups -OCH3 is 1. The minimum absolute atomic E-state index is 0.0558. The molecular formula is C14H14Cl2N2O3. The Morgan fingerprint density at radius 1 is 1.43 bits per heavy atom. The quantitative estimate of drug-likeness (QED) is 0.790. The van der Waals surface area contributed by atoms with Gasteiger partial charge in [-0.05, 0) is 23.8 Å². The van der Waals surface area contributed by atoms with Gasteiger partial charge < -0.3 is 20.1 Å². The molecule has 0 aliphatic heterocycles. The summed E-state index contributed by atoms with van der Waals surface area (Å²) in [4.78, 5) is 14.5. The van der Waals surface area contributed by atoms with Crippen LogP contribution in [-0.2, 0) is 0 Å². The molecule has 2 rings (SSSR count). The first kappa shape index (κ1) is 15.7. The van der Waals surface area contributed by atoms with Gasteiger partial charge in [0.1, 0.15) is 16.6 Å². The lowest BCUT2D eigenvalue weighted by Crippen LogP contribution is -2.28. The number of aromatic amines is 1. The van der Waals surface area contributed by atoms with Crippen molar-refractivity contribution in [1.29, 1.82) is 0 Å². The second kappa shape index (κ2) is 6.85. The zero-order chi connectivity index (χ0) is 15.4. The second-order valence-electron chi connectivity index (χ2n) is 4.35. The van der Waals surface area contributed by atoms with Crippen molar-refractivity contribution < 1.29 is 14.6 Å². The molecule has 1 heterocycles. The van der Waals surface area contributed by atoms with Crippen LogP contribution in [0.3, 0.4) is 0 Å². The molecule has 1 amide bonds. The van der Waals surface area contributed by atoms with Gasteiger partial charge in [0, 0.05) is 6.54 Å². The van der Waals surface area contributed by atoms with Crippen LogP contribution in [0.5, 0.6) is 5.75 Å². The van der Waals surface area contributed by atoms with Crippen molar-refractivity contribution in [2.24, 2.45) is 0 Å². The highest BCUT2D eigenvalue weighted by Gasteiger charge is 2.14. The lowest BCUT2D eigenvalue weighted by molar-refractivity contribution is 0.0912. The summed E-state index contributed by atoms with van der Waals surface area (Å²) >= 11 is 11.5. The molecule has 0 aliphatic rings. The topological polar surface area (TPSA) is 74.3 Å². The van der Waals surface area contributed by atoms with Crippen molar-refractivity contribution in [3.63, 3.8) is 0 Å². The molecule has 112 valence electrons. The number of ether oxygens (including phenoxy) is 1. The van der Waals surface area contributed by atoms with E-state index in [1.165, 1.54) is 6.07 Å². The highest BCUT2D eigenvalue weighted by molar-refractivity contribution is 6.41. The Kier molecular flexibility index (Phi) is 5.12. The number of carbonyl (C=O) groups excluding carboxylic acids is 1. The fraction of sp³-hybridized carbons (Fsp3) is 0.214. The van der Waals surface area contributed by atoms with Crippen LogP contribution in [0.1, 0.15) is 22.2 Å². The first-order valence-corrected chi connectivity index (χ1v) is 6.91. The summed E-state index contributed by atoms with van der Waals surface area (Å²) in [5.41, 5.74) is 0.889. The fourth-order valence-corrected chi connectivity index (χ4v) is 2.09. The molecular weight excluding hydrogens is 315 g/mol. The lowest BCUT2D eigenvalue weighted by Gasteiger charge is -2.12. The molecule has 7 heteroatoms. The number of aliphatic hydroxyl groups is 1. The Morgan fingerprint density at radius 3 is 2.81 bits per heavy atom. The number of rotatable bonds is 5. The number of aromatic nitrogens is 1. The normalized spacial score (nSPS) is 12.0. The number of hydrogen-bond acceptors (Lipinski definition) is 3. The number of amides is 1. The molecule has 0 aliphatic carbocycles. The van der Waals surface area contributed by atoms with E-state index in [9.17, 15) is 9.90 Å². The van der Waals surface area contributed by atoms with Gasteiger partial charge in [-0.2, -0.15) is 0 Å². The molecule has 1 unspecified atom stereocenters. The Hall–Kier alpha value is -1.69. The molecule has 0 bridgehead atoms. The summed E-state index contributed by atoms with van der Waals surface area (Å²) in [6.45, 7) is 0.0558. The molecule has 5 nitrogen and oxygen atoms in total. The van der Waals surface area contributed by atoms with Crippen LogP contribution >= 0.6 is 23.2 Å². The third-order valence-corrected chi connectivity index (χ3v) is 3.60. The molecule has 21 heavy (non-hydrogen) atoms. The zero-order valence-corrected chi connectivity index (χ0v) is 12.7. The Morgan fingerprint density at radius 2 is 2.19 bits per heavy atom. The summed E-state index contributed by atoms with van der Waals surface area (Å²) in [6, 6.07) is 8.43. The standard InChI is InChI=1S/C14H14Cl2N2O3/c1-21-9-4-2-3-8(5-9)12(19)7-17-14(20)11-6-10(15)13(16)18-11/h2-6,12,18-19H,7H2,1H3,(H,17,20). The molecule has 1 aromatic heterocycles. The van der Waals surface area contributed by atoms with E-state index in [0.717, 1.165) is 0 Å². The van der Waals surface area contributed by atoms with Crippen molar-refractivity contribution in [2.75, 3.05) is 13.7 Å². The monoisotopic (exact) mass is 328 g/mol. The van der Waals surface area contributed by atoms with Crippen LogP contribution in [0.4, 0.5) is 0 Å². The molecule has 0 saturated carbocycles. The maximum absolute atomic E-state index is 11.9. The van der Waals surface area contributed by atoms with Crippen LogP contribution < -0.4 is 10.1 Å². The Balaban J connectivity index is 1.97. The average Bonchev–Trinajstić information content (AvgIpc) is 2.84. The van der Waals surface area contributed by atoms with E-state index in [-0.39, 0.29) is 22.4 Å². The summed E-state index contributed by atoms with van der Waals surface area (Å²) in [5, 5.41) is 13.1. The van der Waals surface area contributed by atoms with E-state index < -0.39 is 12.0 Å². The van der Waals surface area contributed by atoms with Crippen LogP contribution in [0, 0.1) is 0 Å². The van der Waals surface area contributed by atoms with Gasteiger partial charge in [0.2, 0.25) is 0 Å². The first-order valence-electron chi connectivity index (χ1n) is 6.15. The van der Waals surface area contributed by atoms with Crippen LogP contribution in [0.15, 0.2) is 30.3 Å². The molecule has 0 fully saturated rings. The second-order valence-corrected chi connectivity index (χ2v) is 5.13. The van der Waals surface area contributed by atoms with Crippen LogP contribution in [-0.4, -0.2) is 29.7 Å². The molecule has 1 atom stereocenters. The highest BCUT2D eigenvalue weighted by atomic mass is 35.5. The van der Waals surface area contributed by atoms with Gasteiger partial charge in [0.25, 0.3) is 5.91 Å². The summed E-state index contributed by atoms with van der Waals surface area (Å²) in [7, 11) is 1.55. The van der Waals surface area contributed by atoms with Crippen molar-refractivity contribution in [3.05, 3.63) is 51.8 Å². The lowest BCUT2D eigenvalue weighted by atomic mass is 10.1. The number of benzene rings is 1. The number of hydrogen-bond donors (Lipinski definition) is 3. The van der Waals surface area contributed by atoms with Gasteiger partial charge in [-0.3, -0.25) is 4.79 Å². The van der Waals surface area contributed by atoms with E-state index in [1.54, 1.807) is 31.4 Å². The molecule has 3 N–H and O–H groups in total. The predicted molar refractivity (Wildman–Crippen MR) is 81.1 cm³/mol. The van der Waals surface area contributed by atoms with E-state index in [2.05, 4.69) is 10.3 Å². The van der Waals surface area contributed by atoms with Gasteiger partial charge in [0.05, 0.1) is 18.2 Å². The van der Waals surface area contributed by atoms with Crippen LogP contribution in [0.25, 0.3) is 0 Å². The molecule has 0 radical (unpaired) electrons. The number of halogens is 2.